The second-order valence-corrected chi connectivity index (χ2v) is 6.26. The summed E-state index contributed by atoms with van der Waals surface area (Å²) >= 11 is 0. The molecule has 0 spiro atoms. The summed E-state index contributed by atoms with van der Waals surface area (Å²) in [4.78, 5) is 36.8. The molecule has 2 amide bonds. The highest BCUT2D eigenvalue weighted by Gasteiger charge is 2.29. The first kappa shape index (κ1) is 21.1. The van der Waals surface area contributed by atoms with Gasteiger partial charge in [-0.3, -0.25) is 9.59 Å². The maximum Gasteiger partial charge on any atom is 0.333 e. The molecule has 0 aromatic carbocycles. The summed E-state index contributed by atoms with van der Waals surface area (Å²) in [7, 11) is 1.68. The van der Waals surface area contributed by atoms with Gasteiger partial charge in [0.15, 0.2) is 0 Å². The zero-order chi connectivity index (χ0) is 18.2. The third-order valence-electron chi connectivity index (χ3n) is 3.68. The van der Waals surface area contributed by atoms with Gasteiger partial charge in [-0.1, -0.05) is 33.8 Å². The standard InChI is InChI=1S/C17H30N2O4/c1-8-23-17(22)13(6)9-14(11(2)3)19(7)16(21)15(12(4)5)18-10-20/h9-12,14-15H,8H2,1-7H3,(H,18,20)/t14-,15-/m1/s1. The number of rotatable bonds is 9. The molecule has 0 aliphatic heterocycles. The summed E-state index contributed by atoms with van der Waals surface area (Å²) in [6.45, 7) is 11.4. The Morgan fingerprint density at radius 2 is 1.74 bits per heavy atom. The molecule has 0 radical (unpaired) electrons. The van der Waals surface area contributed by atoms with E-state index in [4.69, 9.17) is 4.74 Å². The van der Waals surface area contributed by atoms with Crippen LogP contribution in [0.4, 0.5) is 0 Å². The predicted octanol–water partition coefficient (Wildman–Crippen LogP) is 1.75. The van der Waals surface area contributed by atoms with E-state index in [1.165, 1.54) is 0 Å². The fourth-order valence-electron chi connectivity index (χ4n) is 2.31. The third kappa shape index (κ3) is 6.42. The number of likely N-dealkylation sites (N-methyl/N-ethyl adjacent to an activating group) is 1. The fourth-order valence-corrected chi connectivity index (χ4v) is 2.31. The lowest BCUT2D eigenvalue weighted by Gasteiger charge is -2.33. The molecule has 0 heterocycles. The molecule has 2 atom stereocenters. The summed E-state index contributed by atoms with van der Waals surface area (Å²) in [5.74, 6) is -0.486. The molecule has 0 aliphatic rings. The molecule has 6 heteroatoms. The molecule has 0 unspecified atom stereocenters. The number of hydrogen-bond acceptors (Lipinski definition) is 4. The predicted molar refractivity (Wildman–Crippen MR) is 89.6 cm³/mol. The minimum Gasteiger partial charge on any atom is -0.463 e. The van der Waals surface area contributed by atoms with E-state index in [2.05, 4.69) is 5.32 Å². The van der Waals surface area contributed by atoms with Crippen molar-refractivity contribution in [3.63, 3.8) is 0 Å². The van der Waals surface area contributed by atoms with Crippen molar-refractivity contribution in [1.29, 1.82) is 0 Å². The van der Waals surface area contributed by atoms with Crippen LogP contribution in [0, 0.1) is 11.8 Å². The summed E-state index contributed by atoms with van der Waals surface area (Å²) in [5, 5.41) is 2.57. The number of hydrogen-bond donors (Lipinski definition) is 1. The van der Waals surface area contributed by atoms with Gasteiger partial charge in [-0.25, -0.2) is 4.79 Å². The van der Waals surface area contributed by atoms with Crippen molar-refractivity contribution in [3.05, 3.63) is 11.6 Å². The van der Waals surface area contributed by atoms with Gasteiger partial charge in [0, 0.05) is 12.6 Å². The van der Waals surface area contributed by atoms with Crippen LogP contribution in [0.3, 0.4) is 0 Å². The number of nitrogens with one attached hydrogen (secondary N) is 1. The van der Waals surface area contributed by atoms with Crippen LogP contribution in [-0.2, 0) is 19.1 Å². The van der Waals surface area contributed by atoms with E-state index in [1.54, 1.807) is 31.9 Å². The van der Waals surface area contributed by atoms with Crippen LogP contribution in [0.25, 0.3) is 0 Å². The van der Waals surface area contributed by atoms with Gasteiger partial charge in [-0.05, 0) is 25.7 Å². The van der Waals surface area contributed by atoms with Crippen LogP contribution in [0.5, 0.6) is 0 Å². The van der Waals surface area contributed by atoms with Gasteiger partial charge in [0.05, 0.1) is 12.6 Å². The highest BCUT2D eigenvalue weighted by Crippen LogP contribution is 2.16. The second-order valence-electron chi connectivity index (χ2n) is 6.26. The van der Waals surface area contributed by atoms with Crippen LogP contribution in [0.2, 0.25) is 0 Å². The first-order valence-corrected chi connectivity index (χ1v) is 7.99. The summed E-state index contributed by atoms with van der Waals surface area (Å²) in [5.41, 5.74) is 0.467. The molecule has 0 bridgehead atoms. The molecule has 0 aromatic rings. The van der Waals surface area contributed by atoms with Crippen LogP contribution < -0.4 is 5.32 Å². The SMILES string of the molecule is CCOC(=O)C(C)=C[C@H](C(C)C)N(C)C(=O)[C@H](NC=O)C(C)C. The maximum absolute atomic E-state index is 12.7. The highest BCUT2D eigenvalue weighted by molar-refractivity contribution is 5.88. The summed E-state index contributed by atoms with van der Waals surface area (Å²) < 4.78 is 4.98. The van der Waals surface area contributed by atoms with Crippen molar-refractivity contribution in [3.8, 4) is 0 Å². The van der Waals surface area contributed by atoms with Gasteiger partial charge in [-0.15, -0.1) is 0 Å². The van der Waals surface area contributed by atoms with E-state index in [9.17, 15) is 14.4 Å². The molecule has 0 saturated carbocycles. The summed E-state index contributed by atoms with van der Waals surface area (Å²) in [6, 6.07) is -0.850. The lowest BCUT2D eigenvalue weighted by Crippen LogP contribution is -2.51. The van der Waals surface area contributed by atoms with Gasteiger partial charge in [0.1, 0.15) is 6.04 Å². The van der Waals surface area contributed by atoms with Crippen LogP contribution in [0.1, 0.15) is 41.5 Å². The van der Waals surface area contributed by atoms with Gasteiger partial charge >= 0.3 is 5.97 Å². The zero-order valence-electron chi connectivity index (χ0n) is 15.3. The molecule has 6 nitrogen and oxygen atoms in total. The lowest BCUT2D eigenvalue weighted by atomic mass is 9.97. The van der Waals surface area contributed by atoms with Gasteiger partial charge in [-0.2, -0.15) is 0 Å². The monoisotopic (exact) mass is 326 g/mol. The Labute approximate surface area is 139 Å². The molecule has 0 aliphatic carbocycles. The van der Waals surface area contributed by atoms with Crippen molar-refractivity contribution in [2.75, 3.05) is 13.7 Å². The Kier molecular flexibility index (Phi) is 9.22. The fraction of sp³-hybridized carbons (Fsp3) is 0.706. The zero-order valence-corrected chi connectivity index (χ0v) is 15.3. The van der Waals surface area contributed by atoms with Crippen LogP contribution >= 0.6 is 0 Å². The lowest BCUT2D eigenvalue weighted by molar-refractivity contribution is -0.139. The van der Waals surface area contributed by atoms with Crippen molar-refractivity contribution in [2.24, 2.45) is 11.8 Å². The van der Waals surface area contributed by atoms with Gasteiger partial charge < -0.3 is 15.0 Å². The largest absolute Gasteiger partial charge is 0.463 e. The van der Waals surface area contributed by atoms with E-state index in [1.807, 2.05) is 27.7 Å². The number of nitrogens with zero attached hydrogens (tertiary/aromatic N) is 1. The molecule has 0 fully saturated rings. The topological polar surface area (TPSA) is 75.7 Å². The Bertz CT molecular complexity index is 444. The average molecular weight is 326 g/mol. The number of carbonyl (C=O) groups excluding carboxylic acids is 3. The Morgan fingerprint density at radius 1 is 1.17 bits per heavy atom. The molecule has 23 heavy (non-hydrogen) atoms. The van der Waals surface area contributed by atoms with Crippen molar-refractivity contribution in [1.82, 2.24) is 10.2 Å². The van der Waals surface area contributed by atoms with Gasteiger partial charge in [0.25, 0.3) is 0 Å². The Balaban J connectivity index is 5.37. The van der Waals surface area contributed by atoms with Crippen LogP contribution in [0.15, 0.2) is 11.6 Å². The van der Waals surface area contributed by atoms with Crippen LogP contribution in [-0.4, -0.2) is 48.9 Å². The Hall–Kier alpha value is -1.85. The van der Waals surface area contributed by atoms with Gasteiger partial charge in [0.2, 0.25) is 12.3 Å². The first-order valence-electron chi connectivity index (χ1n) is 7.99. The molecular formula is C17H30N2O4. The number of amides is 2. The minimum absolute atomic E-state index is 0.0295. The maximum atomic E-state index is 12.7. The minimum atomic E-state index is -0.588. The number of carbonyl (C=O) groups is 3. The quantitative estimate of drug-likeness (QED) is 0.398. The number of esters is 1. The van der Waals surface area contributed by atoms with Crippen molar-refractivity contribution in [2.45, 2.75) is 53.6 Å². The van der Waals surface area contributed by atoms with Crippen molar-refractivity contribution < 1.29 is 19.1 Å². The number of ether oxygens (including phenoxy) is 1. The van der Waals surface area contributed by atoms with E-state index >= 15 is 0 Å². The molecule has 1 N–H and O–H groups in total. The first-order chi connectivity index (χ1) is 10.7. The molecule has 0 saturated heterocycles. The molecular weight excluding hydrogens is 296 g/mol. The van der Waals surface area contributed by atoms with E-state index in [0.29, 0.717) is 18.6 Å². The highest BCUT2D eigenvalue weighted by atomic mass is 16.5. The normalized spacial score (nSPS) is 14.4. The summed E-state index contributed by atoms with van der Waals surface area (Å²) in [6.07, 6.45) is 2.29. The van der Waals surface area contributed by atoms with E-state index in [-0.39, 0.29) is 29.8 Å². The second kappa shape index (κ2) is 10.0. The van der Waals surface area contributed by atoms with Crippen molar-refractivity contribution >= 4 is 18.3 Å². The molecule has 0 rings (SSSR count). The third-order valence-corrected chi connectivity index (χ3v) is 3.68. The average Bonchev–Trinajstić information content (AvgIpc) is 2.48. The Morgan fingerprint density at radius 3 is 2.13 bits per heavy atom. The molecule has 132 valence electrons. The van der Waals surface area contributed by atoms with E-state index < -0.39 is 6.04 Å². The smallest absolute Gasteiger partial charge is 0.333 e. The van der Waals surface area contributed by atoms with E-state index in [0.717, 1.165) is 0 Å². The molecule has 0 aromatic heterocycles.